The van der Waals surface area contributed by atoms with Crippen LogP contribution in [0, 0.1) is 0 Å². The Balaban J connectivity index is 2.76. The molecule has 1 heterocycles. The van der Waals surface area contributed by atoms with E-state index in [-0.39, 0.29) is 11.8 Å². The fraction of sp³-hybridized carbons (Fsp3) is 0.111. The molecule has 0 radical (unpaired) electrons. The van der Waals surface area contributed by atoms with Crippen molar-refractivity contribution in [3.05, 3.63) is 27.7 Å². The summed E-state index contributed by atoms with van der Waals surface area (Å²) in [6.07, 6.45) is 0. The number of nitrogens with zero attached hydrogens (tertiary/aromatic N) is 1. The number of rotatable bonds is 0. The lowest BCUT2D eigenvalue weighted by molar-refractivity contribution is 0.0693. The number of amides is 2. The molecule has 0 saturated heterocycles. The van der Waals surface area contributed by atoms with Gasteiger partial charge in [0.25, 0.3) is 11.8 Å². The monoisotopic (exact) mass is 254 g/mol. The van der Waals surface area contributed by atoms with E-state index in [0.29, 0.717) is 21.3 Å². The van der Waals surface area contributed by atoms with Crippen LogP contribution in [0.25, 0.3) is 0 Å². The molecule has 0 aliphatic carbocycles. The molecular weight excluding hydrogens is 248 g/mol. The van der Waals surface area contributed by atoms with Crippen molar-refractivity contribution in [1.82, 2.24) is 4.90 Å². The Bertz CT molecular complexity index is 456. The van der Waals surface area contributed by atoms with Gasteiger partial charge in [-0.25, -0.2) is 0 Å². The molecule has 0 atom stereocenters. The standard InChI is InChI=1S/C9H7BrN2O2/c1-12-8(13)4-2-3-5(10)7(11)6(4)9(12)14/h2-3H,11H2,1H3. The normalized spacial score (nSPS) is 14.9. The van der Waals surface area contributed by atoms with E-state index in [1.807, 2.05) is 0 Å². The molecule has 0 spiro atoms. The van der Waals surface area contributed by atoms with Crippen LogP contribution in [0.15, 0.2) is 16.6 Å². The lowest BCUT2D eigenvalue weighted by Gasteiger charge is -2.03. The van der Waals surface area contributed by atoms with Gasteiger partial charge in [0, 0.05) is 11.5 Å². The van der Waals surface area contributed by atoms with Gasteiger partial charge in [-0.2, -0.15) is 0 Å². The summed E-state index contributed by atoms with van der Waals surface area (Å²) in [6.45, 7) is 0. The van der Waals surface area contributed by atoms with Crippen molar-refractivity contribution in [1.29, 1.82) is 0 Å². The molecule has 1 aromatic rings. The van der Waals surface area contributed by atoms with Crippen molar-refractivity contribution >= 4 is 33.4 Å². The second kappa shape index (κ2) is 2.81. The number of benzene rings is 1. The van der Waals surface area contributed by atoms with Gasteiger partial charge in [-0.15, -0.1) is 0 Å². The van der Waals surface area contributed by atoms with Crippen molar-refractivity contribution in [2.45, 2.75) is 0 Å². The van der Waals surface area contributed by atoms with Gasteiger partial charge in [-0.05, 0) is 28.1 Å². The number of imide groups is 1. The minimum atomic E-state index is -0.344. The fourth-order valence-electron chi connectivity index (χ4n) is 1.44. The largest absolute Gasteiger partial charge is 0.397 e. The highest BCUT2D eigenvalue weighted by Gasteiger charge is 2.34. The van der Waals surface area contributed by atoms with Crippen molar-refractivity contribution in [2.75, 3.05) is 12.8 Å². The van der Waals surface area contributed by atoms with Gasteiger partial charge < -0.3 is 5.73 Å². The molecule has 4 nitrogen and oxygen atoms in total. The summed E-state index contributed by atoms with van der Waals surface area (Å²) >= 11 is 3.21. The number of carbonyl (C=O) groups excluding carboxylic acids is 2. The summed E-state index contributed by atoms with van der Waals surface area (Å²) in [6, 6.07) is 3.26. The SMILES string of the molecule is CN1C(=O)c2ccc(Br)c(N)c2C1=O. The maximum absolute atomic E-state index is 11.6. The third kappa shape index (κ3) is 0.988. The Kier molecular flexibility index (Phi) is 1.85. The zero-order valence-electron chi connectivity index (χ0n) is 7.37. The average Bonchev–Trinajstić information content (AvgIpc) is 2.38. The summed E-state index contributed by atoms with van der Waals surface area (Å²) in [4.78, 5) is 24.2. The number of anilines is 1. The zero-order chi connectivity index (χ0) is 10.5. The summed E-state index contributed by atoms with van der Waals surface area (Å²) in [5.74, 6) is -0.645. The molecule has 0 aromatic heterocycles. The van der Waals surface area contributed by atoms with Crippen LogP contribution in [-0.4, -0.2) is 23.8 Å². The third-order valence-corrected chi connectivity index (χ3v) is 2.94. The minimum Gasteiger partial charge on any atom is -0.397 e. The first kappa shape index (κ1) is 9.21. The summed E-state index contributed by atoms with van der Waals surface area (Å²) in [5.41, 5.74) is 6.70. The molecule has 1 aliphatic rings. The molecule has 2 rings (SSSR count). The molecule has 1 aliphatic heterocycles. The van der Waals surface area contributed by atoms with Crippen molar-refractivity contribution in [3.63, 3.8) is 0 Å². The van der Waals surface area contributed by atoms with Crippen molar-refractivity contribution in [3.8, 4) is 0 Å². The quantitative estimate of drug-likeness (QED) is 0.560. The molecule has 0 unspecified atom stereocenters. The molecular formula is C9H7BrN2O2. The second-order valence-electron chi connectivity index (χ2n) is 3.05. The van der Waals surface area contributed by atoms with Gasteiger partial charge in [0.2, 0.25) is 0 Å². The Morgan fingerprint density at radius 2 is 1.93 bits per heavy atom. The highest BCUT2D eigenvalue weighted by atomic mass is 79.9. The summed E-state index contributed by atoms with van der Waals surface area (Å²) in [7, 11) is 1.44. The first-order chi connectivity index (χ1) is 6.54. The van der Waals surface area contributed by atoms with Crippen LogP contribution in [-0.2, 0) is 0 Å². The van der Waals surface area contributed by atoms with E-state index in [4.69, 9.17) is 5.73 Å². The second-order valence-corrected chi connectivity index (χ2v) is 3.91. The van der Waals surface area contributed by atoms with Crippen LogP contribution in [0.1, 0.15) is 20.7 Å². The van der Waals surface area contributed by atoms with E-state index in [1.165, 1.54) is 7.05 Å². The lowest BCUT2D eigenvalue weighted by atomic mass is 10.1. The first-order valence-corrected chi connectivity index (χ1v) is 4.73. The molecule has 2 amide bonds. The molecule has 0 saturated carbocycles. The highest BCUT2D eigenvalue weighted by molar-refractivity contribution is 9.10. The van der Waals surface area contributed by atoms with E-state index >= 15 is 0 Å². The van der Waals surface area contributed by atoms with Gasteiger partial charge >= 0.3 is 0 Å². The number of halogens is 1. The maximum Gasteiger partial charge on any atom is 0.263 e. The maximum atomic E-state index is 11.6. The smallest absolute Gasteiger partial charge is 0.263 e. The van der Waals surface area contributed by atoms with Crippen molar-refractivity contribution < 1.29 is 9.59 Å². The van der Waals surface area contributed by atoms with Crippen LogP contribution in [0.5, 0.6) is 0 Å². The van der Waals surface area contributed by atoms with Crippen LogP contribution in [0.3, 0.4) is 0 Å². The molecule has 2 N–H and O–H groups in total. The van der Waals surface area contributed by atoms with E-state index in [9.17, 15) is 9.59 Å². The third-order valence-electron chi connectivity index (χ3n) is 2.25. The molecule has 72 valence electrons. The molecule has 0 bridgehead atoms. The molecule has 1 aromatic carbocycles. The number of hydrogen-bond donors (Lipinski definition) is 1. The Hall–Kier alpha value is -1.36. The molecule has 0 fully saturated rings. The number of fused-ring (bicyclic) bond motifs is 1. The number of hydrogen-bond acceptors (Lipinski definition) is 3. The topological polar surface area (TPSA) is 63.4 Å². The highest BCUT2D eigenvalue weighted by Crippen LogP contribution is 2.31. The predicted octanol–water partition coefficient (Wildman–Crippen LogP) is 1.26. The van der Waals surface area contributed by atoms with Crippen molar-refractivity contribution in [2.24, 2.45) is 0 Å². The van der Waals surface area contributed by atoms with E-state index in [0.717, 1.165) is 4.90 Å². The summed E-state index contributed by atoms with van der Waals surface area (Å²) < 4.78 is 0.632. The zero-order valence-corrected chi connectivity index (χ0v) is 8.96. The van der Waals surface area contributed by atoms with Crippen LogP contribution >= 0.6 is 15.9 Å². The number of nitrogens with two attached hydrogens (primary N) is 1. The van der Waals surface area contributed by atoms with E-state index in [2.05, 4.69) is 15.9 Å². The number of carbonyl (C=O) groups is 2. The number of nitrogen functional groups attached to an aromatic ring is 1. The summed E-state index contributed by atoms with van der Waals surface area (Å²) in [5, 5.41) is 0. The van der Waals surface area contributed by atoms with Crippen LogP contribution < -0.4 is 5.73 Å². The fourth-order valence-corrected chi connectivity index (χ4v) is 1.77. The predicted molar refractivity (Wildman–Crippen MR) is 55.0 cm³/mol. The molecule has 5 heteroatoms. The van der Waals surface area contributed by atoms with E-state index in [1.54, 1.807) is 12.1 Å². The van der Waals surface area contributed by atoms with Gasteiger partial charge in [-0.3, -0.25) is 14.5 Å². The van der Waals surface area contributed by atoms with Gasteiger partial charge in [0.15, 0.2) is 0 Å². The Labute approximate surface area is 88.8 Å². The average molecular weight is 255 g/mol. The minimum absolute atomic E-state index is 0.298. The van der Waals surface area contributed by atoms with Gasteiger partial charge in [0.05, 0.1) is 16.8 Å². The lowest BCUT2D eigenvalue weighted by Crippen LogP contribution is -2.24. The Morgan fingerprint density at radius 1 is 1.29 bits per heavy atom. The van der Waals surface area contributed by atoms with E-state index < -0.39 is 0 Å². The molecule has 14 heavy (non-hydrogen) atoms. The van der Waals surface area contributed by atoms with Gasteiger partial charge in [-0.1, -0.05) is 0 Å². The van der Waals surface area contributed by atoms with Gasteiger partial charge in [0.1, 0.15) is 0 Å². The van der Waals surface area contributed by atoms with Crippen LogP contribution in [0.4, 0.5) is 5.69 Å². The van der Waals surface area contributed by atoms with Crippen LogP contribution in [0.2, 0.25) is 0 Å². The first-order valence-electron chi connectivity index (χ1n) is 3.94. The Morgan fingerprint density at radius 3 is 2.57 bits per heavy atom.